The Morgan fingerprint density at radius 2 is 2.05 bits per heavy atom. The van der Waals surface area contributed by atoms with Crippen LogP contribution in [0.15, 0.2) is 30.3 Å². The summed E-state index contributed by atoms with van der Waals surface area (Å²) in [6, 6.07) is 8.84. The highest BCUT2D eigenvalue weighted by atomic mass is 16.5. The standard InChI is InChI=1S/C15H18N2O4/c1-2-12(11-6-4-3-5-7-11)14(19)21-10-13(18)17-9-8-16-15(17)20/h3-7,12H,2,8-10H2,1H3,(H,16,20). The highest BCUT2D eigenvalue weighted by Crippen LogP contribution is 2.20. The smallest absolute Gasteiger partial charge is 0.324 e. The Hall–Kier alpha value is -2.37. The highest BCUT2D eigenvalue weighted by Gasteiger charge is 2.28. The van der Waals surface area contributed by atoms with Crippen LogP contribution in [0.2, 0.25) is 0 Å². The van der Waals surface area contributed by atoms with Crippen molar-refractivity contribution < 1.29 is 19.1 Å². The predicted molar refractivity (Wildman–Crippen MR) is 75.5 cm³/mol. The van der Waals surface area contributed by atoms with Crippen LogP contribution in [0.3, 0.4) is 0 Å². The molecule has 1 aliphatic rings. The molecule has 0 radical (unpaired) electrons. The molecule has 0 aliphatic carbocycles. The molecule has 1 saturated heterocycles. The van der Waals surface area contributed by atoms with Gasteiger partial charge in [-0.1, -0.05) is 37.3 Å². The van der Waals surface area contributed by atoms with Crippen molar-refractivity contribution in [2.24, 2.45) is 0 Å². The van der Waals surface area contributed by atoms with Gasteiger partial charge in [0.25, 0.3) is 5.91 Å². The van der Waals surface area contributed by atoms with Gasteiger partial charge in [0.05, 0.1) is 5.92 Å². The Labute approximate surface area is 123 Å². The first kappa shape index (κ1) is 15.0. The molecule has 6 heteroatoms. The number of carbonyl (C=O) groups is 3. The number of urea groups is 1. The summed E-state index contributed by atoms with van der Waals surface area (Å²) in [6.07, 6.45) is 0.585. The molecule has 1 aromatic rings. The van der Waals surface area contributed by atoms with Crippen LogP contribution in [-0.2, 0) is 14.3 Å². The number of hydrogen-bond donors (Lipinski definition) is 1. The summed E-state index contributed by atoms with van der Waals surface area (Å²) in [7, 11) is 0. The van der Waals surface area contributed by atoms with Crippen molar-refractivity contribution in [2.75, 3.05) is 19.7 Å². The summed E-state index contributed by atoms with van der Waals surface area (Å²) < 4.78 is 5.06. The molecular formula is C15H18N2O4. The lowest BCUT2D eigenvalue weighted by Gasteiger charge is -2.16. The van der Waals surface area contributed by atoms with Gasteiger partial charge < -0.3 is 10.1 Å². The van der Waals surface area contributed by atoms with Gasteiger partial charge in [0.2, 0.25) is 0 Å². The largest absolute Gasteiger partial charge is 0.455 e. The predicted octanol–water partition coefficient (Wildman–Crippen LogP) is 1.28. The molecular weight excluding hydrogens is 272 g/mol. The van der Waals surface area contributed by atoms with Crippen LogP contribution >= 0.6 is 0 Å². The average Bonchev–Trinajstić information content (AvgIpc) is 2.93. The van der Waals surface area contributed by atoms with Gasteiger partial charge in [0, 0.05) is 13.1 Å². The van der Waals surface area contributed by atoms with Crippen LogP contribution < -0.4 is 5.32 Å². The van der Waals surface area contributed by atoms with Crippen LogP contribution in [0, 0.1) is 0 Å². The Kier molecular flexibility index (Phi) is 4.92. The van der Waals surface area contributed by atoms with Crippen LogP contribution in [0.1, 0.15) is 24.8 Å². The SMILES string of the molecule is CCC(C(=O)OCC(=O)N1CCNC1=O)c1ccccc1. The van der Waals surface area contributed by atoms with Gasteiger partial charge in [-0.3, -0.25) is 14.5 Å². The van der Waals surface area contributed by atoms with Crippen molar-refractivity contribution in [1.29, 1.82) is 0 Å². The molecule has 1 unspecified atom stereocenters. The van der Waals surface area contributed by atoms with Crippen LogP contribution in [0.5, 0.6) is 0 Å². The molecule has 0 spiro atoms. The van der Waals surface area contributed by atoms with E-state index < -0.39 is 30.4 Å². The van der Waals surface area contributed by atoms with Crippen molar-refractivity contribution in [1.82, 2.24) is 10.2 Å². The second-order valence-electron chi connectivity index (χ2n) is 4.76. The number of imide groups is 1. The van der Waals surface area contributed by atoms with E-state index in [2.05, 4.69) is 5.32 Å². The fraction of sp³-hybridized carbons (Fsp3) is 0.400. The lowest BCUT2D eigenvalue weighted by atomic mass is 9.97. The number of esters is 1. The molecule has 0 bridgehead atoms. The molecule has 1 fully saturated rings. The number of amides is 3. The van der Waals surface area contributed by atoms with Gasteiger partial charge in [-0.05, 0) is 12.0 Å². The fourth-order valence-corrected chi connectivity index (χ4v) is 2.24. The first-order valence-corrected chi connectivity index (χ1v) is 6.93. The van der Waals surface area contributed by atoms with Crippen LogP contribution in [0.4, 0.5) is 4.79 Å². The van der Waals surface area contributed by atoms with Gasteiger partial charge in [-0.25, -0.2) is 4.79 Å². The number of hydrogen-bond acceptors (Lipinski definition) is 4. The molecule has 1 aliphatic heterocycles. The summed E-state index contributed by atoms with van der Waals surface area (Å²) in [5.41, 5.74) is 0.858. The van der Waals surface area contributed by atoms with E-state index in [0.29, 0.717) is 19.5 Å². The number of nitrogens with zero attached hydrogens (tertiary/aromatic N) is 1. The minimum atomic E-state index is -0.499. The molecule has 1 aromatic carbocycles. The summed E-state index contributed by atoms with van der Waals surface area (Å²) in [6.45, 7) is 2.22. The van der Waals surface area contributed by atoms with Gasteiger partial charge in [-0.2, -0.15) is 0 Å². The molecule has 6 nitrogen and oxygen atoms in total. The first-order chi connectivity index (χ1) is 10.1. The molecule has 112 valence electrons. The monoisotopic (exact) mass is 290 g/mol. The maximum absolute atomic E-state index is 12.1. The quantitative estimate of drug-likeness (QED) is 0.829. The zero-order valence-electron chi connectivity index (χ0n) is 11.9. The maximum Gasteiger partial charge on any atom is 0.324 e. The van der Waals surface area contributed by atoms with Crippen LogP contribution in [0.25, 0.3) is 0 Å². The van der Waals surface area contributed by atoms with E-state index in [-0.39, 0.29) is 0 Å². The maximum atomic E-state index is 12.1. The van der Waals surface area contributed by atoms with E-state index >= 15 is 0 Å². The zero-order chi connectivity index (χ0) is 15.2. The molecule has 21 heavy (non-hydrogen) atoms. The molecule has 1 heterocycles. The van der Waals surface area contributed by atoms with Gasteiger partial charge >= 0.3 is 12.0 Å². The summed E-state index contributed by atoms with van der Waals surface area (Å²) in [5, 5.41) is 2.52. The van der Waals surface area contributed by atoms with E-state index in [1.165, 1.54) is 0 Å². The Morgan fingerprint density at radius 3 is 2.62 bits per heavy atom. The number of rotatable bonds is 5. The second kappa shape index (κ2) is 6.88. The minimum Gasteiger partial charge on any atom is -0.455 e. The molecule has 3 amide bonds. The van der Waals surface area contributed by atoms with Crippen molar-refractivity contribution >= 4 is 17.9 Å². The number of benzene rings is 1. The first-order valence-electron chi connectivity index (χ1n) is 6.93. The molecule has 0 saturated carbocycles. The lowest BCUT2D eigenvalue weighted by molar-refractivity contribution is -0.152. The molecule has 1 N–H and O–H groups in total. The van der Waals surface area contributed by atoms with Gasteiger partial charge in [0.15, 0.2) is 6.61 Å². The summed E-state index contributed by atoms with van der Waals surface area (Å²) in [5.74, 6) is -1.34. The zero-order valence-corrected chi connectivity index (χ0v) is 11.9. The van der Waals surface area contributed by atoms with Crippen LogP contribution in [-0.4, -0.2) is 42.5 Å². The van der Waals surface area contributed by atoms with Crippen molar-refractivity contribution in [2.45, 2.75) is 19.3 Å². The number of ether oxygens (including phenoxy) is 1. The second-order valence-corrected chi connectivity index (χ2v) is 4.76. The van der Waals surface area contributed by atoms with Gasteiger partial charge in [0.1, 0.15) is 0 Å². The molecule has 2 rings (SSSR count). The third-order valence-corrected chi connectivity index (χ3v) is 3.39. The Bertz CT molecular complexity index is 530. The molecule has 0 aromatic heterocycles. The van der Waals surface area contributed by atoms with Crippen molar-refractivity contribution in [3.05, 3.63) is 35.9 Å². The third kappa shape index (κ3) is 3.59. The fourth-order valence-electron chi connectivity index (χ4n) is 2.24. The van der Waals surface area contributed by atoms with Gasteiger partial charge in [-0.15, -0.1) is 0 Å². The third-order valence-electron chi connectivity index (χ3n) is 3.39. The van der Waals surface area contributed by atoms with E-state index in [9.17, 15) is 14.4 Å². The normalized spacial score (nSPS) is 15.5. The Morgan fingerprint density at radius 1 is 1.33 bits per heavy atom. The number of carbonyl (C=O) groups excluding carboxylic acids is 3. The lowest BCUT2D eigenvalue weighted by Crippen LogP contribution is -2.37. The summed E-state index contributed by atoms with van der Waals surface area (Å²) in [4.78, 5) is 36.3. The summed E-state index contributed by atoms with van der Waals surface area (Å²) >= 11 is 0. The minimum absolute atomic E-state index is 0.311. The van der Waals surface area contributed by atoms with Crippen molar-refractivity contribution in [3.8, 4) is 0 Å². The molecule has 1 atom stereocenters. The number of nitrogens with one attached hydrogen (secondary N) is 1. The Balaban J connectivity index is 1.91. The van der Waals surface area contributed by atoms with E-state index in [1.807, 2.05) is 37.3 Å². The topological polar surface area (TPSA) is 75.7 Å². The van der Waals surface area contributed by atoms with E-state index in [1.54, 1.807) is 0 Å². The highest BCUT2D eigenvalue weighted by molar-refractivity contribution is 5.97. The van der Waals surface area contributed by atoms with E-state index in [0.717, 1.165) is 10.5 Å². The van der Waals surface area contributed by atoms with Crippen molar-refractivity contribution in [3.63, 3.8) is 0 Å². The van der Waals surface area contributed by atoms with E-state index in [4.69, 9.17) is 4.74 Å². The average molecular weight is 290 g/mol.